The highest BCUT2D eigenvalue weighted by Gasteiger charge is 2.28. The second kappa shape index (κ2) is 56.0. The van der Waals surface area contributed by atoms with Crippen molar-refractivity contribution in [3.05, 3.63) is 66.5 Å². The van der Waals surface area contributed by atoms with Crippen molar-refractivity contribution in [2.24, 2.45) is 0 Å². The first-order chi connectivity index (χ1) is 43.7. The molecule has 0 radical (unpaired) electrons. The van der Waals surface area contributed by atoms with E-state index in [1.165, 1.54) is 309 Å². The molecular formula is C80H142N6O3. The first kappa shape index (κ1) is 79.7. The maximum atomic E-state index is 13.6. The largest absolute Gasteiger partial charge is 0.458 e. The van der Waals surface area contributed by atoms with E-state index >= 15 is 0 Å². The SMILES string of the molecule is CCCCCCCC/C=C\CCCCCCCCN(CCCCCCCC/C=C\CCCCCCCC)CCCN(CCCCCCCC/C=C\CCCCCCCC)CCCCCC(=O)OC(C)(C)Cn1c(COCC)nc2c(N)nc3ccccc3c21. The number of nitrogens with two attached hydrogens (primary N) is 1. The van der Waals surface area contributed by atoms with Gasteiger partial charge < -0.3 is 29.6 Å². The van der Waals surface area contributed by atoms with Crippen LogP contribution < -0.4 is 5.73 Å². The fourth-order valence-electron chi connectivity index (χ4n) is 12.9. The molecule has 0 saturated carbocycles. The summed E-state index contributed by atoms with van der Waals surface area (Å²) in [7, 11) is 0. The van der Waals surface area contributed by atoms with Gasteiger partial charge in [-0.2, -0.15) is 0 Å². The first-order valence-corrected chi connectivity index (χ1v) is 38.4. The van der Waals surface area contributed by atoms with Crippen molar-refractivity contribution < 1.29 is 14.3 Å². The number of ether oxygens (including phenoxy) is 2. The van der Waals surface area contributed by atoms with Gasteiger partial charge in [-0.05, 0) is 182 Å². The average Bonchev–Trinajstić information content (AvgIpc) is 1.69. The maximum absolute atomic E-state index is 13.6. The van der Waals surface area contributed by atoms with Crippen molar-refractivity contribution in [3.8, 4) is 0 Å². The molecule has 0 aliphatic heterocycles. The second-order valence-corrected chi connectivity index (χ2v) is 27.4. The predicted octanol–water partition coefficient (Wildman–Crippen LogP) is 23.7. The van der Waals surface area contributed by atoms with Crippen LogP contribution in [-0.2, 0) is 27.4 Å². The van der Waals surface area contributed by atoms with Crippen molar-refractivity contribution in [2.75, 3.05) is 51.6 Å². The zero-order valence-corrected chi connectivity index (χ0v) is 59.4. The fourth-order valence-corrected chi connectivity index (χ4v) is 12.9. The lowest BCUT2D eigenvalue weighted by molar-refractivity contribution is -0.157. The number of aromatic nitrogens is 3. The van der Waals surface area contributed by atoms with E-state index in [2.05, 4.69) is 82.6 Å². The molecule has 0 unspecified atom stereocenters. The van der Waals surface area contributed by atoms with Gasteiger partial charge >= 0.3 is 5.97 Å². The molecule has 3 rings (SSSR count). The van der Waals surface area contributed by atoms with Gasteiger partial charge in [0.25, 0.3) is 0 Å². The van der Waals surface area contributed by atoms with Crippen LogP contribution in [0.25, 0.3) is 21.9 Å². The summed E-state index contributed by atoms with van der Waals surface area (Å²) < 4.78 is 14.3. The van der Waals surface area contributed by atoms with E-state index in [0.29, 0.717) is 37.5 Å². The summed E-state index contributed by atoms with van der Waals surface area (Å²) in [5, 5.41) is 0.973. The Balaban J connectivity index is 1.51. The van der Waals surface area contributed by atoms with E-state index in [4.69, 9.17) is 20.2 Å². The van der Waals surface area contributed by atoms with Gasteiger partial charge in [-0.15, -0.1) is 0 Å². The van der Waals surface area contributed by atoms with Crippen molar-refractivity contribution in [1.29, 1.82) is 0 Å². The smallest absolute Gasteiger partial charge is 0.306 e. The summed E-state index contributed by atoms with van der Waals surface area (Å²) >= 11 is 0. The van der Waals surface area contributed by atoms with Crippen LogP contribution in [-0.4, -0.2) is 81.8 Å². The summed E-state index contributed by atoms with van der Waals surface area (Å²) in [6, 6.07) is 8.03. The minimum atomic E-state index is -0.770. The number of nitrogen functional groups attached to an aromatic ring is 1. The maximum Gasteiger partial charge on any atom is 0.306 e. The van der Waals surface area contributed by atoms with Crippen LogP contribution in [0.1, 0.15) is 349 Å². The number of rotatable bonds is 64. The van der Waals surface area contributed by atoms with Crippen molar-refractivity contribution in [2.45, 2.75) is 362 Å². The Bertz CT molecular complexity index is 2150. The topological polar surface area (TPSA) is 98.7 Å². The Labute approximate surface area is 549 Å². The number of benzene rings is 1. The molecule has 0 fully saturated rings. The van der Waals surface area contributed by atoms with Crippen LogP contribution in [0.15, 0.2) is 60.7 Å². The molecule has 510 valence electrons. The molecular weight excluding hydrogens is 1090 g/mol. The molecule has 9 heteroatoms. The van der Waals surface area contributed by atoms with Crippen molar-refractivity contribution in [1.82, 2.24) is 24.3 Å². The van der Waals surface area contributed by atoms with Gasteiger partial charge in [-0.1, -0.05) is 255 Å². The molecule has 0 spiro atoms. The van der Waals surface area contributed by atoms with E-state index in [1.54, 1.807) is 0 Å². The van der Waals surface area contributed by atoms with Gasteiger partial charge in [0.05, 0.1) is 17.6 Å². The number of para-hydroxylation sites is 1. The van der Waals surface area contributed by atoms with E-state index in [-0.39, 0.29) is 5.97 Å². The average molecular weight is 1240 g/mol. The molecule has 0 aliphatic carbocycles. The highest BCUT2D eigenvalue weighted by molar-refractivity contribution is 6.06. The van der Waals surface area contributed by atoms with Crippen LogP contribution in [0.3, 0.4) is 0 Å². The first-order valence-electron chi connectivity index (χ1n) is 38.4. The van der Waals surface area contributed by atoms with Gasteiger partial charge in [-0.25, -0.2) is 9.97 Å². The van der Waals surface area contributed by atoms with Gasteiger partial charge in [0, 0.05) is 18.4 Å². The van der Waals surface area contributed by atoms with Crippen LogP contribution in [0.2, 0.25) is 0 Å². The predicted molar refractivity (Wildman–Crippen MR) is 389 cm³/mol. The zero-order valence-electron chi connectivity index (χ0n) is 59.4. The zero-order chi connectivity index (χ0) is 63.8. The molecule has 0 atom stereocenters. The van der Waals surface area contributed by atoms with Gasteiger partial charge in [-0.3, -0.25) is 4.79 Å². The van der Waals surface area contributed by atoms with Crippen molar-refractivity contribution >= 4 is 33.7 Å². The second-order valence-electron chi connectivity index (χ2n) is 27.4. The minimum Gasteiger partial charge on any atom is -0.458 e. The lowest BCUT2D eigenvalue weighted by Crippen LogP contribution is -2.34. The molecule has 2 aromatic heterocycles. The van der Waals surface area contributed by atoms with E-state index in [9.17, 15) is 4.79 Å². The van der Waals surface area contributed by atoms with Gasteiger partial charge in [0.15, 0.2) is 5.82 Å². The Morgan fingerprint density at radius 1 is 0.461 bits per heavy atom. The summed E-state index contributed by atoms with van der Waals surface area (Å²) in [5.41, 5.74) is 8.09. The summed E-state index contributed by atoms with van der Waals surface area (Å²) in [4.78, 5) is 28.8. The van der Waals surface area contributed by atoms with E-state index in [1.807, 2.05) is 39.0 Å². The lowest BCUT2D eigenvalue weighted by Gasteiger charge is -2.27. The number of nitrogens with zero attached hydrogens (tertiary/aromatic N) is 5. The van der Waals surface area contributed by atoms with E-state index < -0.39 is 5.60 Å². The summed E-state index contributed by atoms with van der Waals surface area (Å²) in [5.74, 6) is 1.02. The molecule has 89 heavy (non-hydrogen) atoms. The van der Waals surface area contributed by atoms with Crippen LogP contribution in [0.5, 0.6) is 0 Å². The van der Waals surface area contributed by atoms with E-state index in [0.717, 1.165) is 48.1 Å². The third kappa shape index (κ3) is 41.6. The Kier molecular flexibility index (Phi) is 50.2. The normalized spacial score (nSPS) is 12.4. The number of esters is 1. The molecule has 2 heterocycles. The molecule has 3 aromatic rings. The highest BCUT2D eigenvalue weighted by atomic mass is 16.6. The molecule has 2 N–H and O–H groups in total. The standard InChI is InChI=1S/C80H142N6O3/c1-7-11-14-17-20-23-26-29-32-35-38-41-44-47-50-57-65-84(66-58-51-48-45-42-39-36-33-30-27-24-21-18-15-12-8-2)69-61-70-85(67-59-52-49-46-43-40-37-34-31-28-25-22-19-16-13-9-3)68-60-53-54-64-76(87)89-80(5,6)72-86-75(71-88-10-4)83-77-78(86)73-62-55-56-63-74(73)82-79(77)81/h29-34,55-56,62-63H,7-28,35-54,57-61,64-72H2,1-6H3,(H2,81,82)/b32-29-,33-30-,34-31-. The Morgan fingerprint density at radius 3 is 1.20 bits per heavy atom. The third-order valence-electron chi connectivity index (χ3n) is 18.3. The molecule has 0 saturated heterocycles. The quantitative estimate of drug-likeness (QED) is 0.0339. The molecule has 0 amide bonds. The van der Waals surface area contributed by atoms with Crippen LogP contribution in [0, 0.1) is 0 Å². The summed E-state index contributed by atoms with van der Waals surface area (Å²) in [6.07, 6.45) is 76.3. The number of allylic oxidation sites excluding steroid dienone is 6. The van der Waals surface area contributed by atoms with Gasteiger partial charge in [0.2, 0.25) is 0 Å². The minimum absolute atomic E-state index is 0.138. The fraction of sp³-hybridized carbons (Fsp3) is 0.787. The third-order valence-corrected chi connectivity index (χ3v) is 18.3. The number of imidazole rings is 1. The van der Waals surface area contributed by atoms with Gasteiger partial charge in [0.1, 0.15) is 23.5 Å². The lowest BCUT2D eigenvalue weighted by atomic mass is 10.1. The summed E-state index contributed by atoms with van der Waals surface area (Å²) in [6.45, 7) is 21.4. The number of unbranched alkanes of at least 4 members (excludes halogenated alkanes) is 38. The molecule has 9 nitrogen and oxygen atoms in total. The number of fused-ring (bicyclic) bond motifs is 3. The number of pyridine rings is 1. The highest BCUT2D eigenvalue weighted by Crippen LogP contribution is 2.31. The molecule has 0 aliphatic rings. The monoisotopic (exact) mass is 1240 g/mol. The number of carbonyl (C=O) groups is 1. The van der Waals surface area contributed by atoms with Crippen LogP contribution in [0.4, 0.5) is 5.82 Å². The Hall–Kier alpha value is -3.53. The Morgan fingerprint density at radius 2 is 0.809 bits per heavy atom. The number of hydrogen-bond acceptors (Lipinski definition) is 8. The van der Waals surface area contributed by atoms with Crippen LogP contribution >= 0.6 is 0 Å². The number of hydrogen-bond donors (Lipinski definition) is 1. The molecule has 1 aromatic carbocycles. The van der Waals surface area contributed by atoms with Crippen molar-refractivity contribution in [3.63, 3.8) is 0 Å². The number of carbonyl (C=O) groups excluding carboxylic acids is 1. The molecule has 0 bridgehead atoms. The number of anilines is 1.